The number of hydrogen-bond donors (Lipinski definition) is 0. The summed E-state index contributed by atoms with van der Waals surface area (Å²) in [4.78, 5) is 0. The van der Waals surface area contributed by atoms with E-state index in [0.29, 0.717) is 0 Å². The molecule has 16 heavy (non-hydrogen) atoms. The summed E-state index contributed by atoms with van der Waals surface area (Å²) < 4.78 is 13.6. The minimum Gasteiger partial charge on any atom is -0.493 e. The molecule has 1 atom stereocenters. The van der Waals surface area contributed by atoms with Crippen LogP contribution in [0, 0.1) is 19.3 Å². The van der Waals surface area contributed by atoms with Crippen LogP contribution >= 0.6 is 0 Å². The van der Waals surface area contributed by atoms with Gasteiger partial charge in [-0.05, 0) is 49.3 Å². The van der Waals surface area contributed by atoms with E-state index in [1.165, 1.54) is 5.56 Å². The number of hydrogen-bond acceptors (Lipinski definition) is 1. The molecule has 0 aliphatic heterocycles. The highest BCUT2D eigenvalue weighted by Crippen LogP contribution is 2.22. The first kappa shape index (κ1) is 11.5. The quantitative estimate of drug-likeness (QED) is 0.727. The van der Waals surface area contributed by atoms with E-state index in [-0.39, 0.29) is 5.41 Å². The van der Waals surface area contributed by atoms with E-state index >= 15 is 0 Å². The fourth-order valence-electron chi connectivity index (χ4n) is 1.47. The van der Waals surface area contributed by atoms with Gasteiger partial charge in [0.05, 0.1) is 7.95 Å². The van der Waals surface area contributed by atoms with Gasteiger partial charge in [-0.25, -0.2) is 0 Å². The second kappa shape index (κ2) is 5.38. The Morgan fingerprint density at radius 2 is 1.94 bits per heavy atom. The van der Waals surface area contributed by atoms with Gasteiger partial charge in [0.2, 0.25) is 0 Å². The molecule has 0 radical (unpaired) electrons. The van der Waals surface area contributed by atoms with E-state index in [1.807, 2.05) is 26.0 Å². The maximum Gasteiger partial charge on any atom is 0.122 e. The molecule has 0 amide bonds. The fraction of sp³-hybridized carbons (Fsp3) is 0.600. The Bertz CT molecular complexity index is 366. The molecule has 1 unspecified atom stereocenters. The fourth-order valence-corrected chi connectivity index (χ4v) is 1.47. The number of aryl methyl sites for hydroxylation is 2. The molecule has 0 heterocycles. The monoisotopic (exact) mass is 221 g/mol. The van der Waals surface area contributed by atoms with Crippen LogP contribution in [0.3, 0.4) is 0 Å². The molecule has 1 aromatic carbocycles. The van der Waals surface area contributed by atoms with Gasteiger partial charge < -0.3 is 4.74 Å². The van der Waals surface area contributed by atoms with Crippen molar-refractivity contribution in [3.05, 3.63) is 29.3 Å². The van der Waals surface area contributed by atoms with Crippen molar-refractivity contribution in [3.8, 4) is 5.75 Å². The van der Waals surface area contributed by atoms with Crippen LogP contribution < -0.4 is 4.74 Å². The largest absolute Gasteiger partial charge is 0.493 e. The highest BCUT2D eigenvalue weighted by Gasteiger charge is 2.09. The van der Waals surface area contributed by atoms with Gasteiger partial charge in [-0.2, -0.15) is 0 Å². The summed E-state index contributed by atoms with van der Waals surface area (Å²) in [7, 11) is 0. The summed E-state index contributed by atoms with van der Waals surface area (Å²) in [5.74, 6) is 0.846. The van der Waals surface area contributed by atoms with E-state index in [9.17, 15) is 0 Å². The first-order valence-corrected chi connectivity index (χ1v) is 5.94. The zero-order valence-corrected chi connectivity index (χ0v) is 11.1. The molecular formula is C15H24O. The SMILES string of the molecule is [2H]C(CCC(C)(C)C)Oc1cc(C)ccc1C. The van der Waals surface area contributed by atoms with Gasteiger partial charge in [0.1, 0.15) is 5.75 Å². The summed E-state index contributed by atoms with van der Waals surface area (Å²) in [6.07, 6.45) is 1.78. The van der Waals surface area contributed by atoms with Crippen molar-refractivity contribution in [1.29, 1.82) is 0 Å². The maximum atomic E-state index is 7.93. The second-order valence-corrected chi connectivity index (χ2v) is 5.65. The van der Waals surface area contributed by atoms with Crippen LogP contribution in [-0.4, -0.2) is 6.58 Å². The maximum absolute atomic E-state index is 7.93. The molecule has 1 aromatic rings. The molecule has 0 saturated heterocycles. The Labute approximate surface area is 101 Å². The van der Waals surface area contributed by atoms with Crippen LogP contribution in [0.2, 0.25) is 0 Å². The Hall–Kier alpha value is -0.980. The lowest BCUT2D eigenvalue weighted by Gasteiger charge is -2.18. The predicted octanol–water partition coefficient (Wildman–Crippen LogP) is 4.51. The summed E-state index contributed by atoms with van der Waals surface area (Å²) in [6, 6.07) is 6.12. The minimum atomic E-state index is -0.463. The van der Waals surface area contributed by atoms with Crippen LogP contribution in [0.4, 0.5) is 0 Å². The number of ether oxygens (including phenoxy) is 1. The zero-order valence-electron chi connectivity index (χ0n) is 12.1. The topological polar surface area (TPSA) is 9.23 Å². The Morgan fingerprint density at radius 1 is 1.25 bits per heavy atom. The van der Waals surface area contributed by atoms with Gasteiger partial charge in [-0.1, -0.05) is 32.9 Å². The average molecular weight is 221 g/mol. The first-order valence-electron chi connectivity index (χ1n) is 6.52. The smallest absolute Gasteiger partial charge is 0.122 e. The van der Waals surface area contributed by atoms with Crippen molar-refractivity contribution in [2.45, 2.75) is 47.5 Å². The third-order valence-electron chi connectivity index (χ3n) is 2.57. The van der Waals surface area contributed by atoms with Crippen molar-refractivity contribution < 1.29 is 6.11 Å². The van der Waals surface area contributed by atoms with Crippen LogP contribution in [0.15, 0.2) is 18.2 Å². The summed E-state index contributed by atoms with van der Waals surface area (Å²) in [5.41, 5.74) is 2.54. The Morgan fingerprint density at radius 3 is 2.56 bits per heavy atom. The highest BCUT2D eigenvalue weighted by molar-refractivity contribution is 5.35. The molecule has 0 aliphatic carbocycles. The van der Waals surface area contributed by atoms with Gasteiger partial charge in [-0.15, -0.1) is 0 Å². The molecule has 1 nitrogen and oxygen atoms in total. The van der Waals surface area contributed by atoms with E-state index in [4.69, 9.17) is 6.11 Å². The molecule has 0 bridgehead atoms. The van der Waals surface area contributed by atoms with Crippen LogP contribution in [-0.2, 0) is 0 Å². The van der Waals surface area contributed by atoms with Gasteiger partial charge in [0, 0.05) is 0 Å². The lowest BCUT2D eigenvalue weighted by molar-refractivity contribution is 0.268. The van der Waals surface area contributed by atoms with Crippen molar-refractivity contribution >= 4 is 0 Å². The lowest BCUT2D eigenvalue weighted by atomic mass is 9.91. The number of benzene rings is 1. The summed E-state index contributed by atoms with van der Waals surface area (Å²) in [5, 5.41) is 0. The molecule has 90 valence electrons. The lowest BCUT2D eigenvalue weighted by Crippen LogP contribution is -2.08. The van der Waals surface area contributed by atoms with E-state index in [2.05, 4.69) is 26.8 Å². The van der Waals surface area contributed by atoms with E-state index < -0.39 is 6.58 Å². The second-order valence-electron chi connectivity index (χ2n) is 5.65. The normalized spacial score (nSPS) is 14.4. The Kier molecular flexibility index (Phi) is 3.87. The molecule has 1 heteroatoms. The molecule has 1 rings (SSSR count). The van der Waals surface area contributed by atoms with E-state index in [1.54, 1.807) is 0 Å². The highest BCUT2D eigenvalue weighted by atomic mass is 16.5. The molecule has 0 N–H and O–H groups in total. The molecular weight excluding hydrogens is 196 g/mol. The minimum absolute atomic E-state index is 0.268. The molecule has 0 saturated carbocycles. The van der Waals surface area contributed by atoms with Gasteiger partial charge in [0.15, 0.2) is 0 Å². The van der Waals surface area contributed by atoms with Crippen LogP contribution in [0.1, 0.15) is 46.1 Å². The standard InChI is InChI=1S/C15H24O/c1-12-7-8-13(2)14(11-12)16-10-6-9-15(3,4)5/h7-8,11H,6,9-10H2,1-5H3/i10D. The van der Waals surface area contributed by atoms with Crippen molar-refractivity contribution in [2.24, 2.45) is 5.41 Å². The van der Waals surface area contributed by atoms with Crippen molar-refractivity contribution in [3.63, 3.8) is 0 Å². The zero-order chi connectivity index (χ0) is 13.1. The van der Waals surface area contributed by atoms with E-state index in [0.717, 1.165) is 24.2 Å². The third-order valence-corrected chi connectivity index (χ3v) is 2.57. The molecule has 0 aliphatic rings. The molecule has 0 spiro atoms. The van der Waals surface area contributed by atoms with Crippen molar-refractivity contribution in [1.82, 2.24) is 0 Å². The van der Waals surface area contributed by atoms with Crippen molar-refractivity contribution in [2.75, 3.05) is 6.58 Å². The van der Waals surface area contributed by atoms with Gasteiger partial charge in [-0.3, -0.25) is 0 Å². The average Bonchev–Trinajstić information content (AvgIpc) is 2.20. The first-order chi connectivity index (χ1) is 7.78. The van der Waals surface area contributed by atoms with Gasteiger partial charge >= 0.3 is 0 Å². The molecule has 0 fully saturated rings. The predicted molar refractivity (Wildman–Crippen MR) is 70.1 cm³/mol. The van der Waals surface area contributed by atoms with Gasteiger partial charge in [0.25, 0.3) is 0 Å². The van der Waals surface area contributed by atoms with Crippen LogP contribution in [0.5, 0.6) is 5.75 Å². The summed E-state index contributed by atoms with van der Waals surface area (Å²) in [6.45, 7) is 10.2. The Balaban J connectivity index is 2.56. The van der Waals surface area contributed by atoms with Crippen LogP contribution in [0.25, 0.3) is 0 Å². The number of rotatable bonds is 4. The molecule has 0 aromatic heterocycles. The third kappa shape index (κ3) is 4.69. The summed E-state index contributed by atoms with van der Waals surface area (Å²) >= 11 is 0.